The Balaban J connectivity index is 1.78. The Hall–Kier alpha value is -2.63. The Labute approximate surface area is 160 Å². The SMILES string of the molecule is CCN(CC)c1ccc(C(=O)Nc2cc(F)ccc2N2CCCCC2)cn1. The standard InChI is InChI=1S/C21H27FN4O/c1-3-25(4-2)20-11-8-16(15-23-20)21(27)24-18-14-17(22)9-10-19(18)26-12-6-5-7-13-26/h8-11,14-15H,3-7,12-13H2,1-2H3,(H,24,27). The van der Waals surface area contributed by atoms with Gasteiger partial charge < -0.3 is 15.1 Å². The first kappa shape index (κ1) is 19.1. The van der Waals surface area contributed by atoms with Crippen LogP contribution >= 0.6 is 0 Å². The van der Waals surface area contributed by atoms with E-state index >= 15 is 0 Å². The third-order valence-corrected chi connectivity index (χ3v) is 5.00. The van der Waals surface area contributed by atoms with Crippen LogP contribution in [0.2, 0.25) is 0 Å². The molecule has 2 heterocycles. The molecule has 144 valence electrons. The molecular weight excluding hydrogens is 343 g/mol. The molecule has 27 heavy (non-hydrogen) atoms. The molecule has 3 rings (SSSR count). The number of aromatic nitrogens is 1. The van der Waals surface area contributed by atoms with Gasteiger partial charge in [0.1, 0.15) is 11.6 Å². The molecule has 0 unspecified atom stereocenters. The summed E-state index contributed by atoms with van der Waals surface area (Å²) in [6.45, 7) is 7.70. The predicted molar refractivity (Wildman–Crippen MR) is 108 cm³/mol. The molecule has 1 N–H and O–H groups in total. The normalized spacial score (nSPS) is 14.1. The lowest BCUT2D eigenvalue weighted by Gasteiger charge is -2.30. The van der Waals surface area contributed by atoms with Gasteiger partial charge in [-0.3, -0.25) is 4.79 Å². The van der Waals surface area contributed by atoms with Crippen molar-refractivity contribution in [2.75, 3.05) is 41.3 Å². The van der Waals surface area contributed by atoms with E-state index in [0.717, 1.165) is 50.5 Å². The number of halogens is 1. The number of nitrogens with one attached hydrogen (secondary N) is 1. The van der Waals surface area contributed by atoms with Gasteiger partial charge in [-0.2, -0.15) is 0 Å². The number of piperidine rings is 1. The van der Waals surface area contributed by atoms with Gasteiger partial charge in [-0.15, -0.1) is 0 Å². The van der Waals surface area contributed by atoms with E-state index in [4.69, 9.17) is 0 Å². The van der Waals surface area contributed by atoms with E-state index in [1.54, 1.807) is 18.3 Å². The summed E-state index contributed by atoms with van der Waals surface area (Å²) in [6, 6.07) is 8.19. The average Bonchev–Trinajstić information content (AvgIpc) is 2.70. The van der Waals surface area contributed by atoms with Gasteiger partial charge in [-0.1, -0.05) is 0 Å². The van der Waals surface area contributed by atoms with Gasteiger partial charge in [0.05, 0.1) is 16.9 Å². The third kappa shape index (κ3) is 4.56. The maximum absolute atomic E-state index is 13.8. The van der Waals surface area contributed by atoms with Gasteiger partial charge in [-0.25, -0.2) is 9.37 Å². The van der Waals surface area contributed by atoms with Crippen molar-refractivity contribution >= 4 is 23.1 Å². The van der Waals surface area contributed by atoms with Crippen LogP contribution in [-0.4, -0.2) is 37.1 Å². The van der Waals surface area contributed by atoms with E-state index < -0.39 is 0 Å². The number of carbonyl (C=O) groups excluding carboxylic acids is 1. The molecule has 0 radical (unpaired) electrons. The number of carbonyl (C=O) groups is 1. The van der Waals surface area contributed by atoms with Crippen LogP contribution in [0.1, 0.15) is 43.5 Å². The molecule has 0 spiro atoms. The fraction of sp³-hybridized carbons (Fsp3) is 0.429. The van der Waals surface area contributed by atoms with Crippen molar-refractivity contribution in [1.82, 2.24) is 4.98 Å². The summed E-state index contributed by atoms with van der Waals surface area (Å²) in [5, 5.41) is 2.87. The largest absolute Gasteiger partial charge is 0.370 e. The second-order valence-corrected chi connectivity index (χ2v) is 6.74. The molecule has 1 aromatic heterocycles. The minimum atomic E-state index is -0.360. The lowest BCUT2D eigenvalue weighted by atomic mass is 10.1. The number of rotatable bonds is 6. The molecule has 0 saturated carbocycles. The highest BCUT2D eigenvalue weighted by Gasteiger charge is 2.17. The monoisotopic (exact) mass is 370 g/mol. The number of nitrogens with zero attached hydrogens (tertiary/aromatic N) is 3. The zero-order chi connectivity index (χ0) is 19.2. The van der Waals surface area contributed by atoms with E-state index in [-0.39, 0.29) is 11.7 Å². The van der Waals surface area contributed by atoms with Crippen LogP contribution < -0.4 is 15.1 Å². The molecule has 1 aliphatic heterocycles. The molecule has 1 saturated heterocycles. The maximum atomic E-state index is 13.8. The van der Waals surface area contributed by atoms with Crippen LogP contribution in [0, 0.1) is 5.82 Å². The van der Waals surface area contributed by atoms with Crippen LogP contribution in [0.25, 0.3) is 0 Å². The number of anilines is 3. The van der Waals surface area contributed by atoms with E-state index in [9.17, 15) is 9.18 Å². The van der Waals surface area contributed by atoms with Gasteiger partial charge in [0.15, 0.2) is 0 Å². The topological polar surface area (TPSA) is 48.5 Å². The van der Waals surface area contributed by atoms with Crippen molar-refractivity contribution in [3.05, 3.63) is 47.9 Å². The Morgan fingerprint density at radius 3 is 2.52 bits per heavy atom. The Kier molecular flexibility index (Phi) is 6.27. The lowest BCUT2D eigenvalue weighted by molar-refractivity contribution is 0.102. The summed E-state index contributed by atoms with van der Waals surface area (Å²) in [6.07, 6.45) is 5.01. The lowest BCUT2D eigenvalue weighted by Crippen LogP contribution is -2.30. The van der Waals surface area contributed by atoms with E-state index in [2.05, 4.69) is 33.9 Å². The number of amides is 1. The van der Waals surface area contributed by atoms with Crippen molar-refractivity contribution in [3.63, 3.8) is 0 Å². The molecule has 2 aromatic rings. The average molecular weight is 370 g/mol. The molecule has 0 atom stereocenters. The smallest absolute Gasteiger partial charge is 0.257 e. The zero-order valence-electron chi connectivity index (χ0n) is 16.0. The number of benzene rings is 1. The van der Waals surface area contributed by atoms with Gasteiger partial charge in [-0.05, 0) is 63.4 Å². The van der Waals surface area contributed by atoms with E-state index in [1.807, 2.05) is 6.07 Å². The van der Waals surface area contributed by atoms with Crippen LogP contribution in [-0.2, 0) is 0 Å². The molecule has 1 fully saturated rings. The predicted octanol–water partition coefficient (Wildman–Crippen LogP) is 4.31. The minimum Gasteiger partial charge on any atom is -0.370 e. The number of pyridine rings is 1. The van der Waals surface area contributed by atoms with Crippen LogP contribution in [0.15, 0.2) is 36.5 Å². The molecule has 1 amide bonds. The second-order valence-electron chi connectivity index (χ2n) is 6.74. The molecular formula is C21H27FN4O. The molecule has 5 nitrogen and oxygen atoms in total. The highest BCUT2D eigenvalue weighted by atomic mass is 19.1. The first-order valence-corrected chi connectivity index (χ1v) is 9.69. The summed E-state index contributed by atoms with van der Waals surface area (Å²) < 4.78 is 13.8. The summed E-state index contributed by atoms with van der Waals surface area (Å²) in [7, 11) is 0. The quantitative estimate of drug-likeness (QED) is 0.823. The van der Waals surface area contributed by atoms with Gasteiger partial charge >= 0.3 is 0 Å². The maximum Gasteiger partial charge on any atom is 0.257 e. The van der Waals surface area contributed by atoms with Crippen molar-refractivity contribution in [1.29, 1.82) is 0 Å². The highest BCUT2D eigenvalue weighted by molar-refractivity contribution is 6.05. The minimum absolute atomic E-state index is 0.280. The van der Waals surface area contributed by atoms with E-state index in [0.29, 0.717) is 11.3 Å². The Morgan fingerprint density at radius 2 is 1.89 bits per heavy atom. The number of hydrogen-bond acceptors (Lipinski definition) is 4. The van der Waals surface area contributed by atoms with Crippen molar-refractivity contribution in [3.8, 4) is 0 Å². The van der Waals surface area contributed by atoms with E-state index in [1.165, 1.54) is 18.6 Å². The molecule has 6 heteroatoms. The second kappa shape index (κ2) is 8.84. The zero-order valence-corrected chi connectivity index (χ0v) is 16.0. The van der Waals surface area contributed by atoms with Crippen LogP contribution in [0.3, 0.4) is 0 Å². The first-order chi connectivity index (χ1) is 13.1. The first-order valence-electron chi connectivity index (χ1n) is 9.69. The highest BCUT2D eigenvalue weighted by Crippen LogP contribution is 2.29. The molecule has 0 aliphatic carbocycles. The summed E-state index contributed by atoms with van der Waals surface area (Å²) in [5.74, 6) is 0.204. The summed E-state index contributed by atoms with van der Waals surface area (Å²) in [5.41, 5.74) is 1.84. The van der Waals surface area contributed by atoms with Crippen molar-refractivity contribution < 1.29 is 9.18 Å². The molecule has 1 aliphatic rings. The number of hydrogen-bond donors (Lipinski definition) is 1. The summed E-state index contributed by atoms with van der Waals surface area (Å²) >= 11 is 0. The third-order valence-electron chi connectivity index (χ3n) is 5.00. The van der Waals surface area contributed by atoms with Crippen LogP contribution in [0.4, 0.5) is 21.6 Å². The fourth-order valence-corrected chi connectivity index (χ4v) is 3.47. The fourth-order valence-electron chi connectivity index (χ4n) is 3.47. The van der Waals surface area contributed by atoms with Crippen LogP contribution in [0.5, 0.6) is 0 Å². The Morgan fingerprint density at radius 1 is 1.15 bits per heavy atom. The summed E-state index contributed by atoms with van der Waals surface area (Å²) in [4.78, 5) is 21.4. The van der Waals surface area contributed by atoms with Gasteiger partial charge in [0, 0.05) is 32.4 Å². The Bertz CT molecular complexity index is 768. The molecule has 1 aromatic carbocycles. The van der Waals surface area contributed by atoms with Gasteiger partial charge in [0.25, 0.3) is 5.91 Å². The van der Waals surface area contributed by atoms with Crippen molar-refractivity contribution in [2.45, 2.75) is 33.1 Å². The van der Waals surface area contributed by atoms with Gasteiger partial charge in [0.2, 0.25) is 0 Å². The van der Waals surface area contributed by atoms with Crippen molar-refractivity contribution in [2.24, 2.45) is 0 Å². The molecule has 0 bridgehead atoms.